The number of nitrogens with zero attached hydrogens (tertiary/aromatic N) is 2. The van der Waals surface area contributed by atoms with Gasteiger partial charge in [-0.05, 0) is 67.4 Å². The molecule has 3 aromatic rings. The molecule has 2 aromatic carbocycles. The summed E-state index contributed by atoms with van der Waals surface area (Å²) >= 11 is 1.48. The summed E-state index contributed by atoms with van der Waals surface area (Å²) in [6, 6.07) is 14.0. The van der Waals surface area contributed by atoms with Crippen LogP contribution in [0.15, 0.2) is 58.9 Å². The zero-order chi connectivity index (χ0) is 20.6. The first kappa shape index (κ1) is 21.0. The number of ether oxygens (including phenoxy) is 2. The predicted molar refractivity (Wildman–Crippen MR) is 109 cm³/mol. The quantitative estimate of drug-likeness (QED) is 0.539. The molecule has 0 aliphatic heterocycles. The highest BCUT2D eigenvalue weighted by Crippen LogP contribution is 2.24. The summed E-state index contributed by atoms with van der Waals surface area (Å²) in [5.41, 5.74) is 2.64. The van der Waals surface area contributed by atoms with Gasteiger partial charge in [-0.25, -0.2) is 4.99 Å². The zero-order valence-electron chi connectivity index (χ0n) is 15.9. The van der Waals surface area contributed by atoms with Crippen LogP contribution in [-0.4, -0.2) is 29.5 Å². The molecule has 1 heterocycles. The Kier molecular flexibility index (Phi) is 7.37. The SMILES string of the molecule is CCOc1ccc(-c2csc(=Nc3ccc(OC(F)F)cc3)n2CCCO)cc1. The van der Waals surface area contributed by atoms with Gasteiger partial charge >= 0.3 is 6.61 Å². The van der Waals surface area contributed by atoms with Gasteiger partial charge in [0.2, 0.25) is 0 Å². The third-order valence-corrected chi connectivity index (χ3v) is 4.95. The number of aliphatic hydroxyl groups excluding tert-OH is 1. The topological polar surface area (TPSA) is 56.0 Å². The van der Waals surface area contributed by atoms with Gasteiger partial charge in [-0.15, -0.1) is 11.3 Å². The molecule has 8 heteroatoms. The maximum absolute atomic E-state index is 12.3. The maximum atomic E-state index is 12.3. The van der Waals surface area contributed by atoms with Crippen molar-refractivity contribution in [3.63, 3.8) is 0 Å². The van der Waals surface area contributed by atoms with Crippen LogP contribution in [0.4, 0.5) is 14.5 Å². The molecule has 0 spiro atoms. The fourth-order valence-electron chi connectivity index (χ4n) is 2.80. The first-order chi connectivity index (χ1) is 14.1. The first-order valence-corrected chi connectivity index (χ1v) is 10.1. The van der Waals surface area contributed by atoms with Crippen molar-refractivity contribution in [1.82, 2.24) is 4.57 Å². The third kappa shape index (κ3) is 5.65. The summed E-state index contributed by atoms with van der Waals surface area (Å²) in [7, 11) is 0. The molecular formula is C21H22F2N2O3S. The number of rotatable bonds is 9. The van der Waals surface area contributed by atoms with Gasteiger partial charge in [0, 0.05) is 18.5 Å². The molecule has 0 radical (unpaired) electrons. The van der Waals surface area contributed by atoms with Crippen LogP contribution in [0.25, 0.3) is 11.3 Å². The summed E-state index contributed by atoms with van der Waals surface area (Å²) in [4.78, 5) is 5.39. The lowest BCUT2D eigenvalue weighted by Crippen LogP contribution is -2.16. The summed E-state index contributed by atoms with van der Waals surface area (Å²) in [6.45, 7) is 0.375. The molecular weight excluding hydrogens is 398 g/mol. The minimum atomic E-state index is -2.85. The van der Waals surface area contributed by atoms with Crippen molar-refractivity contribution in [3.8, 4) is 22.8 Å². The van der Waals surface area contributed by atoms with Crippen LogP contribution >= 0.6 is 11.3 Å². The highest BCUT2D eigenvalue weighted by molar-refractivity contribution is 7.07. The van der Waals surface area contributed by atoms with E-state index in [-0.39, 0.29) is 12.4 Å². The Balaban J connectivity index is 1.93. The lowest BCUT2D eigenvalue weighted by Gasteiger charge is -2.09. The lowest BCUT2D eigenvalue weighted by molar-refractivity contribution is -0.0498. The van der Waals surface area contributed by atoms with Crippen LogP contribution in [0.3, 0.4) is 0 Å². The van der Waals surface area contributed by atoms with E-state index in [2.05, 4.69) is 9.73 Å². The van der Waals surface area contributed by atoms with E-state index in [1.54, 1.807) is 12.1 Å². The van der Waals surface area contributed by atoms with E-state index in [0.29, 0.717) is 25.3 Å². The fraction of sp³-hybridized carbons (Fsp3) is 0.286. The number of hydrogen-bond donors (Lipinski definition) is 1. The molecule has 0 unspecified atom stereocenters. The van der Waals surface area contributed by atoms with Gasteiger partial charge < -0.3 is 19.1 Å². The van der Waals surface area contributed by atoms with Crippen LogP contribution in [0, 0.1) is 0 Å². The van der Waals surface area contributed by atoms with E-state index in [1.165, 1.54) is 23.5 Å². The number of aliphatic hydroxyl groups is 1. The monoisotopic (exact) mass is 420 g/mol. The molecule has 3 rings (SSSR count). The van der Waals surface area contributed by atoms with Gasteiger partial charge in [0.15, 0.2) is 4.80 Å². The number of hydrogen-bond acceptors (Lipinski definition) is 5. The predicted octanol–water partition coefficient (Wildman–Crippen LogP) is 4.83. The van der Waals surface area contributed by atoms with E-state index in [1.807, 2.05) is 41.1 Å². The number of thiazole rings is 1. The highest BCUT2D eigenvalue weighted by atomic mass is 32.1. The molecule has 0 saturated carbocycles. The van der Waals surface area contributed by atoms with Gasteiger partial charge in [-0.1, -0.05) is 0 Å². The van der Waals surface area contributed by atoms with Gasteiger partial charge in [0.25, 0.3) is 0 Å². The Morgan fingerprint density at radius 3 is 2.38 bits per heavy atom. The van der Waals surface area contributed by atoms with Crippen molar-refractivity contribution in [1.29, 1.82) is 0 Å². The first-order valence-electron chi connectivity index (χ1n) is 9.22. The zero-order valence-corrected chi connectivity index (χ0v) is 16.7. The van der Waals surface area contributed by atoms with E-state index in [0.717, 1.165) is 21.8 Å². The van der Waals surface area contributed by atoms with E-state index >= 15 is 0 Å². The third-order valence-electron chi connectivity index (χ3n) is 4.09. The van der Waals surface area contributed by atoms with E-state index in [9.17, 15) is 13.9 Å². The molecule has 29 heavy (non-hydrogen) atoms. The fourth-order valence-corrected chi connectivity index (χ4v) is 3.75. The van der Waals surface area contributed by atoms with Crippen molar-refractivity contribution in [2.24, 2.45) is 4.99 Å². The molecule has 154 valence electrons. The molecule has 0 aliphatic carbocycles. The molecule has 0 bridgehead atoms. The van der Waals surface area contributed by atoms with Crippen molar-refractivity contribution in [2.45, 2.75) is 26.5 Å². The molecule has 5 nitrogen and oxygen atoms in total. The average molecular weight is 420 g/mol. The lowest BCUT2D eigenvalue weighted by atomic mass is 10.1. The minimum Gasteiger partial charge on any atom is -0.494 e. The highest BCUT2D eigenvalue weighted by Gasteiger charge is 2.09. The Bertz CT molecular complexity index is 967. The second-order valence-corrected chi connectivity index (χ2v) is 6.91. The molecule has 1 aromatic heterocycles. The standard InChI is InChI=1S/C21H22F2N2O3S/c1-2-27-17-8-4-15(5-9-17)19-14-29-21(25(19)12-3-13-26)24-16-6-10-18(11-7-16)28-20(22)23/h4-11,14,20,26H,2-3,12-13H2,1H3. The number of benzene rings is 2. The smallest absolute Gasteiger partial charge is 0.387 e. The van der Waals surface area contributed by atoms with Gasteiger partial charge in [0.1, 0.15) is 11.5 Å². The van der Waals surface area contributed by atoms with Crippen molar-refractivity contribution in [2.75, 3.05) is 13.2 Å². The number of halogens is 2. The van der Waals surface area contributed by atoms with Crippen molar-refractivity contribution in [3.05, 3.63) is 58.7 Å². The second kappa shape index (κ2) is 10.2. The average Bonchev–Trinajstić information content (AvgIpc) is 3.10. The molecule has 0 amide bonds. The molecule has 0 atom stereocenters. The molecule has 0 aliphatic rings. The Morgan fingerprint density at radius 1 is 1.07 bits per heavy atom. The summed E-state index contributed by atoms with van der Waals surface area (Å²) in [5, 5.41) is 11.3. The van der Waals surface area contributed by atoms with Gasteiger partial charge in [-0.3, -0.25) is 0 Å². The Labute approximate surface area is 171 Å². The molecule has 0 fully saturated rings. The minimum absolute atomic E-state index is 0.0741. The van der Waals surface area contributed by atoms with E-state index < -0.39 is 6.61 Å². The largest absolute Gasteiger partial charge is 0.494 e. The Hall–Kier alpha value is -2.71. The summed E-state index contributed by atoms with van der Waals surface area (Å²) in [5.74, 6) is 0.901. The maximum Gasteiger partial charge on any atom is 0.387 e. The second-order valence-electron chi connectivity index (χ2n) is 6.07. The molecule has 0 saturated heterocycles. The van der Waals surface area contributed by atoms with E-state index in [4.69, 9.17) is 4.74 Å². The number of alkyl halides is 2. The normalized spacial score (nSPS) is 11.8. The van der Waals surface area contributed by atoms with Crippen LogP contribution < -0.4 is 14.3 Å². The Morgan fingerprint density at radius 2 is 1.76 bits per heavy atom. The van der Waals surface area contributed by atoms with Gasteiger partial charge in [0.05, 0.1) is 18.0 Å². The van der Waals surface area contributed by atoms with Crippen LogP contribution in [0.5, 0.6) is 11.5 Å². The van der Waals surface area contributed by atoms with Crippen LogP contribution in [-0.2, 0) is 6.54 Å². The molecule has 1 N–H and O–H groups in total. The summed E-state index contributed by atoms with van der Waals surface area (Å²) < 4.78 is 36.5. The number of aromatic nitrogens is 1. The van der Waals surface area contributed by atoms with Crippen molar-refractivity contribution >= 4 is 17.0 Å². The summed E-state index contributed by atoms with van der Waals surface area (Å²) in [6.07, 6.45) is 0.592. The van der Waals surface area contributed by atoms with Crippen LogP contribution in [0.1, 0.15) is 13.3 Å². The van der Waals surface area contributed by atoms with Gasteiger partial charge in [-0.2, -0.15) is 8.78 Å². The van der Waals surface area contributed by atoms with Crippen LogP contribution in [0.2, 0.25) is 0 Å². The van der Waals surface area contributed by atoms with Crippen molar-refractivity contribution < 1.29 is 23.4 Å².